The number of carbonyl (C=O) groups is 1. The highest BCUT2D eigenvalue weighted by atomic mass is 16.6. The summed E-state index contributed by atoms with van der Waals surface area (Å²) < 4.78 is 10.0. The van der Waals surface area contributed by atoms with Crippen LogP contribution in [0.5, 0.6) is 0 Å². The second kappa shape index (κ2) is 5.02. The molecule has 0 N–H and O–H groups in total. The Labute approximate surface area is 78.7 Å². The van der Waals surface area contributed by atoms with E-state index in [0.717, 1.165) is 12.8 Å². The lowest BCUT2D eigenvalue weighted by Crippen LogP contribution is -2.00. The second-order valence-corrected chi connectivity index (χ2v) is 3.04. The Kier molecular flexibility index (Phi) is 3.96. The standard InChI is InChI=1S/C10H16O3/c1-3-5-8-9(13-8)6-7-10(11)12-4-2/h6-9H,3-5H2,1-2H3/b7-6+/t8-,9-/m1/s1. The van der Waals surface area contributed by atoms with Crippen LogP contribution in [0.3, 0.4) is 0 Å². The molecule has 2 atom stereocenters. The topological polar surface area (TPSA) is 38.8 Å². The quantitative estimate of drug-likeness (QED) is 0.370. The van der Waals surface area contributed by atoms with Crippen LogP contribution in [-0.2, 0) is 14.3 Å². The Bertz CT molecular complexity index is 198. The fourth-order valence-electron chi connectivity index (χ4n) is 1.21. The van der Waals surface area contributed by atoms with Crippen LogP contribution in [0, 0.1) is 0 Å². The van der Waals surface area contributed by atoms with Gasteiger partial charge in [-0.05, 0) is 19.4 Å². The predicted octanol–water partition coefficient (Wildman–Crippen LogP) is 1.67. The molecule has 0 aromatic heterocycles. The van der Waals surface area contributed by atoms with Crippen LogP contribution in [0.1, 0.15) is 26.7 Å². The fourth-order valence-corrected chi connectivity index (χ4v) is 1.21. The van der Waals surface area contributed by atoms with Crippen molar-refractivity contribution in [3.05, 3.63) is 12.2 Å². The minimum Gasteiger partial charge on any atom is -0.463 e. The summed E-state index contributed by atoms with van der Waals surface area (Å²) in [5.74, 6) is -0.284. The van der Waals surface area contributed by atoms with Crippen LogP contribution in [-0.4, -0.2) is 24.8 Å². The zero-order valence-electron chi connectivity index (χ0n) is 8.16. The van der Waals surface area contributed by atoms with Crippen LogP contribution in [0.15, 0.2) is 12.2 Å². The van der Waals surface area contributed by atoms with E-state index in [2.05, 4.69) is 6.92 Å². The van der Waals surface area contributed by atoms with Crippen molar-refractivity contribution in [2.45, 2.75) is 38.9 Å². The number of hydrogen-bond donors (Lipinski definition) is 0. The van der Waals surface area contributed by atoms with E-state index < -0.39 is 0 Å². The Morgan fingerprint density at radius 3 is 2.92 bits per heavy atom. The van der Waals surface area contributed by atoms with Crippen molar-refractivity contribution in [3.8, 4) is 0 Å². The molecule has 0 spiro atoms. The lowest BCUT2D eigenvalue weighted by atomic mass is 10.2. The summed E-state index contributed by atoms with van der Waals surface area (Å²) in [4.78, 5) is 10.9. The molecule has 1 aliphatic heterocycles. The molecule has 0 amide bonds. The van der Waals surface area contributed by atoms with E-state index in [9.17, 15) is 4.79 Å². The molecule has 0 aromatic carbocycles. The SMILES string of the molecule is CCC[C@H]1O[C@@H]1/C=C/C(=O)OCC. The van der Waals surface area contributed by atoms with Crippen LogP contribution < -0.4 is 0 Å². The maximum atomic E-state index is 10.9. The maximum absolute atomic E-state index is 10.9. The lowest BCUT2D eigenvalue weighted by molar-refractivity contribution is -0.137. The highest BCUT2D eigenvalue weighted by Gasteiger charge is 2.35. The molecule has 0 radical (unpaired) electrons. The summed E-state index contributed by atoms with van der Waals surface area (Å²) in [6.45, 7) is 4.33. The first kappa shape index (κ1) is 10.3. The van der Waals surface area contributed by atoms with Gasteiger partial charge in [0.15, 0.2) is 0 Å². The second-order valence-electron chi connectivity index (χ2n) is 3.04. The van der Waals surface area contributed by atoms with E-state index >= 15 is 0 Å². The number of rotatable bonds is 5. The largest absolute Gasteiger partial charge is 0.463 e. The van der Waals surface area contributed by atoms with Gasteiger partial charge in [0.2, 0.25) is 0 Å². The average Bonchev–Trinajstić information content (AvgIpc) is 2.82. The number of carbonyl (C=O) groups excluding carboxylic acids is 1. The van der Waals surface area contributed by atoms with Gasteiger partial charge in [0.25, 0.3) is 0 Å². The van der Waals surface area contributed by atoms with E-state index in [1.54, 1.807) is 13.0 Å². The molecule has 13 heavy (non-hydrogen) atoms. The Hall–Kier alpha value is -0.830. The van der Waals surface area contributed by atoms with E-state index in [-0.39, 0.29) is 12.1 Å². The van der Waals surface area contributed by atoms with Crippen molar-refractivity contribution in [1.82, 2.24) is 0 Å². The minimum absolute atomic E-state index is 0.143. The van der Waals surface area contributed by atoms with Crippen molar-refractivity contribution in [2.75, 3.05) is 6.61 Å². The number of esters is 1. The Morgan fingerprint density at radius 2 is 2.31 bits per heavy atom. The third-order valence-electron chi connectivity index (χ3n) is 1.90. The summed E-state index contributed by atoms with van der Waals surface area (Å²) in [6.07, 6.45) is 5.88. The molecule has 1 fully saturated rings. The maximum Gasteiger partial charge on any atom is 0.330 e. The molecule has 1 rings (SSSR count). The van der Waals surface area contributed by atoms with Gasteiger partial charge in [0, 0.05) is 6.08 Å². The van der Waals surface area contributed by atoms with Gasteiger partial charge in [0.1, 0.15) is 6.10 Å². The first-order chi connectivity index (χ1) is 6.27. The average molecular weight is 184 g/mol. The first-order valence-electron chi connectivity index (χ1n) is 4.78. The Morgan fingerprint density at radius 1 is 1.54 bits per heavy atom. The lowest BCUT2D eigenvalue weighted by Gasteiger charge is -1.92. The zero-order valence-corrected chi connectivity index (χ0v) is 8.16. The molecule has 74 valence electrons. The van der Waals surface area contributed by atoms with E-state index in [0.29, 0.717) is 12.7 Å². The molecular weight excluding hydrogens is 168 g/mol. The molecule has 0 aliphatic carbocycles. The third kappa shape index (κ3) is 3.59. The van der Waals surface area contributed by atoms with Crippen molar-refractivity contribution < 1.29 is 14.3 Å². The molecule has 0 unspecified atom stereocenters. The monoisotopic (exact) mass is 184 g/mol. The van der Waals surface area contributed by atoms with E-state index in [4.69, 9.17) is 9.47 Å². The van der Waals surface area contributed by atoms with Crippen molar-refractivity contribution in [1.29, 1.82) is 0 Å². The minimum atomic E-state index is -0.284. The summed E-state index contributed by atoms with van der Waals surface area (Å²) in [5.41, 5.74) is 0. The number of hydrogen-bond acceptors (Lipinski definition) is 3. The van der Waals surface area contributed by atoms with Crippen molar-refractivity contribution in [2.24, 2.45) is 0 Å². The Balaban J connectivity index is 2.15. The van der Waals surface area contributed by atoms with Gasteiger partial charge in [-0.3, -0.25) is 0 Å². The van der Waals surface area contributed by atoms with Gasteiger partial charge in [-0.2, -0.15) is 0 Å². The molecule has 1 saturated heterocycles. The van der Waals surface area contributed by atoms with Crippen LogP contribution in [0.25, 0.3) is 0 Å². The molecule has 0 bridgehead atoms. The number of epoxide rings is 1. The molecule has 1 aliphatic rings. The molecule has 1 heterocycles. The van der Waals surface area contributed by atoms with Crippen molar-refractivity contribution in [3.63, 3.8) is 0 Å². The molecule has 3 nitrogen and oxygen atoms in total. The summed E-state index contributed by atoms with van der Waals surface area (Å²) in [6, 6.07) is 0. The van der Waals surface area contributed by atoms with Gasteiger partial charge in [-0.25, -0.2) is 4.79 Å². The number of ether oxygens (including phenoxy) is 2. The van der Waals surface area contributed by atoms with Crippen LogP contribution in [0.2, 0.25) is 0 Å². The zero-order chi connectivity index (χ0) is 9.68. The smallest absolute Gasteiger partial charge is 0.330 e. The first-order valence-corrected chi connectivity index (χ1v) is 4.78. The van der Waals surface area contributed by atoms with Crippen LogP contribution in [0.4, 0.5) is 0 Å². The predicted molar refractivity (Wildman–Crippen MR) is 49.3 cm³/mol. The summed E-state index contributed by atoms with van der Waals surface area (Å²) in [7, 11) is 0. The third-order valence-corrected chi connectivity index (χ3v) is 1.90. The summed E-state index contributed by atoms with van der Waals surface area (Å²) >= 11 is 0. The van der Waals surface area contributed by atoms with Gasteiger partial charge in [-0.15, -0.1) is 0 Å². The molecule has 0 saturated carbocycles. The van der Waals surface area contributed by atoms with Crippen LogP contribution >= 0.6 is 0 Å². The van der Waals surface area contributed by atoms with Crippen molar-refractivity contribution >= 4 is 5.97 Å². The van der Waals surface area contributed by atoms with E-state index in [1.165, 1.54) is 6.08 Å². The highest BCUT2D eigenvalue weighted by molar-refractivity contribution is 5.82. The van der Waals surface area contributed by atoms with Gasteiger partial charge >= 0.3 is 5.97 Å². The van der Waals surface area contributed by atoms with Gasteiger partial charge in [-0.1, -0.05) is 13.3 Å². The highest BCUT2D eigenvalue weighted by Crippen LogP contribution is 2.27. The van der Waals surface area contributed by atoms with E-state index in [1.807, 2.05) is 0 Å². The van der Waals surface area contributed by atoms with Gasteiger partial charge in [0.05, 0.1) is 12.7 Å². The molecule has 0 aromatic rings. The molecule has 3 heteroatoms. The van der Waals surface area contributed by atoms with Gasteiger partial charge < -0.3 is 9.47 Å². The summed E-state index contributed by atoms with van der Waals surface area (Å²) in [5, 5.41) is 0. The molecular formula is C10H16O3. The normalized spacial score (nSPS) is 26.3. The fraction of sp³-hybridized carbons (Fsp3) is 0.700.